The third-order valence-electron chi connectivity index (χ3n) is 4.81. The molecule has 0 aliphatic heterocycles. The van der Waals surface area contributed by atoms with E-state index in [1.54, 1.807) is 24.3 Å². The van der Waals surface area contributed by atoms with Crippen molar-refractivity contribution in [2.75, 3.05) is 12.3 Å². The maximum Gasteiger partial charge on any atom is 0.573 e. The molecule has 3 N–H and O–H groups in total. The zero-order valence-corrected chi connectivity index (χ0v) is 18.2. The van der Waals surface area contributed by atoms with Crippen molar-refractivity contribution >= 4 is 11.8 Å². The molecule has 0 aliphatic carbocycles. The summed E-state index contributed by atoms with van der Waals surface area (Å²) in [4.78, 5) is 16.1. The number of carbonyl (C=O) groups excluding carboxylic acids is 1. The molecular formula is C24H20F3N5O3. The maximum absolute atomic E-state index is 12.3. The van der Waals surface area contributed by atoms with Gasteiger partial charge in [-0.1, -0.05) is 24.3 Å². The standard InChI is InChI=1S/C24H20F3N5O3/c25-24(26,27)35-21-11-7-19(8-12-21)32-15-30-22(31-32)17-3-1-16(2-4-17)13-14-29-23(33)34-20-9-5-18(28)6-10-20/h1-12,15H,13-14,28H2,(H,29,33). The van der Waals surface area contributed by atoms with Crippen molar-refractivity contribution in [2.45, 2.75) is 12.8 Å². The molecule has 11 heteroatoms. The first-order valence-corrected chi connectivity index (χ1v) is 10.4. The molecule has 4 aromatic rings. The number of nitrogens with two attached hydrogens (primary N) is 1. The number of alkyl halides is 3. The minimum absolute atomic E-state index is 0.315. The summed E-state index contributed by atoms with van der Waals surface area (Å²) in [7, 11) is 0. The molecule has 0 atom stereocenters. The fraction of sp³-hybridized carbons (Fsp3) is 0.125. The second-order valence-electron chi connectivity index (χ2n) is 7.39. The zero-order valence-electron chi connectivity index (χ0n) is 18.2. The number of anilines is 1. The Morgan fingerprint density at radius 3 is 2.26 bits per heavy atom. The van der Waals surface area contributed by atoms with Crippen LogP contribution in [0.4, 0.5) is 23.7 Å². The van der Waals surface area contributed by atoms with Gasteiger partial charge in [-0.25, -0.2) is 14.5 Å². The Morgan fingerprint density at radius 2 is 1.60 bits per heavy atom. The SMILES string of the molecule is Nc1ccc(OC(=O)NCCc2ccc(-c3ncn(-c4ccc(OC(F)(F)F)cc4)n3)cc2)cc1. The monoisotopic (exact) mass is 483 g/mol. The van der Waals surface area contributed by atoms with Crippen LogP contribution in [0.1, 0.15) is 5.56 Å². The normalized spacial score (nSPS) is 11.2. The Hall–Kier alpha value is -4.54. The number of ether oxygens (including phenoxy) is 2. The minimum atomic E-state index is -4.74. The predicted molar refractivity (Wildman–Crippen MR) is 122 cm³/mol. The third kappa shape index (κ3) is 6.73. The van der Waals surface area contributed by atoms with Crippen LogP contribution in [0.5, 0.6) is 11.5 Å². The summed E-state index contributed by atoms with van der Waals surface area (Å²) in [6.07, 6.45) is -3.24. The third-order valence-corrected chi connectivity index (χ3v) is 4.81. The van der Waals surface area contributed by atoms with E-state index in [0.29, 0.717) is 35.9 Å². The van der Waals surface area contributed by atoms with E-state index in [9.17, 15) is 18.0 Å². The fourth-order valence-electron chi connectivity index (χ4n) is 3.13. The summed E-state index contributed by atoms with van der Waals surface area (Å²) in [5.74, 6) is 0.543. The first-order chi connectivity index (χ1) is 16.7. The maximum atomic E-state index is 12.3. The van der Waals surface area contributed by atoms with E-state index in [-0.39, 0.29) is 5.75 Å². The highest BCUT2D eigenvalue weighted by molar-refractivity contribution is 5.70. The van der Waals surface area contributed by atoms with Gasteiger partial charge >= 0.3 is 12.5 Å². The Morgan fingerprint density at radius 1 is 0.943 bits per heavy atom. The summed E-state index contributed by atoms with van der Waals surface area (Å²) in [5.41, 5.74) is 8.46. The number of nitrogens with zero attached hydrogens (tertiary/aromatic N) is 3. The van der Waals surface area contributed by atoms with Crippen LogP contribution in [0.15, 0.2) is 79.1 Å². The molecule has 0 spiro atoms. The lowest BCUT2D eigenvalue weighted by atomic mass is 10.1. The largest absolute Gasteiger partial charge is 0.573 e. The lowest BCUT2D eigenvalue weighted by Crippen LogP contribution is -2.28. The second-order valence-corrected chi connectivity index (χ2v) is 7.39. The van der Waals surface area contributed by atoms with Gasteiger partial charge in [-0.15, -0.1) is 18.3 Å². The lowest BCUT2D eigenvalue weighted by Gasteiger charge is -2.09. The van der Waals surface area contributed by atoms with Crippen LogP contribution in [-0.4, -0.2) is 33.8 Å². The van der Waals surface area contributed by atoms with E-state index in [1.165, 1.54) is 35.3 Å². The van der Waals surface area contributed by atoms with E-state index in [2.05, 4.69) is 20.1 Å². The molecule has 4 rings (SSSR count). The van der Waals surface area contributed by atoms with E-state index in [0.717, 1.165) is 11.1 Å². The number of aromatic nitrogens is 3. The summed E-state index contributed by atoms with van der Waals surface area (Å²) in [6.45, 7) is 0.383. The molecule has 0 saturated heterocycles. The Bertz CT molecular complexity index is 1270. The minimum Gasteiger partial charge on any atom is -0.410 e. The Balaban J connectivity index is 1.29. The molecule has 8 nitrogen and oxygen atoms in total. The van der Waals surface area contributed by atoms with Crippen molar-refractivity contribution in [3.8, 4) is 28.6 Å². The molecule has 3 aromatic carbocycles. The van der Waals surface area contributed by atoms with Gasteiger partial charge in [-0.05, 0) is 60.5 Å². The van der Waals surface area contributed by atoms with E-state index >= 15 is 0 Å². The van der Waals surface area contributed by atoms with Gasteiger partial charge in [-0.2, -0.15) is 0 Å². The van der Waals surface area contributed by atoms with Gasteiger partial charge < -0.3 is 20.5 Å². The topological polar surface area (TPSA) is 104 Å². The van der Waals surface area contributed by atoms with Gasteiger partial charge in [-0.3, -0.25) is 0 Å². The first-order valence-electron chi connectivity index (χ1n) is 10.4. The highest BCUT2D eigenvalue weighted by atomic mass is 19.4. The number of amides is 1. The van der Waals surface area contributed by atoms with E-state index in [1.807, 2.05) is 24.3 Å². The number of hydrogen-bond acceptors (Lipinski definition) is 6. The summed E-state index contributed by atoms with van der Waals surface area (Å²) in [5, 5.41) is 7.06. The van der Waals surface area contributed by atoms with Crippen LogP contribution in [0, 0.1) is 0 Å². The molecule has 1 heterocycles. The number of nitrogens with one attached hydrogen (secondary N) is 1. The van der Waals surface area contributed by atoms with Crippen molar-refractivity contribution in [1.82, 2.24) is 20.1 Å². The van der Waals surface area contributed by atoms with Gasteiger partial charge in [0.15, 0.2) is 5.82 Å². The second kappa shape index (κ2) is 10.2. The van der Waals surface area contributed by atoms with Crippen molar-refractivity contribution < 1.29 is 27.4 Å². The van der Waals surface area contributed by atoms with Crippen LogP contribution < -0.4 is 20.5 Å². The van der Waals surface area contributed by atoms with Crippen molar-refractivity contribution in [2.24, 2.45) is 0 Å². The van der Waals surface area contributed by atoms with Crippen molar-refractivity contribution in [3.05, 3.63) is 84.7 Å². The number of benzene rings is 3. The predicted octanol–water partition coefficient (Wildman–Crippen LogP) is 4.75. The van der Waals surface area contributed by atoms with Gasteiger partial charge in [0.25, 0.3) is 0 Å². The van der Waals surface area contributed by atoms with Crippen LogP contribution in [0.2, 0.25) is 0 Å². The Kier molecular flexibility index (Phi) is 6.86. The molecular weight excluding hydrogens is 463 g/mol. The quantitative estimate of drug-likeness (QED) is 0.368. The Labute approximate surface area is 198 Å². The zero-order chi connectivity index (χ0) is 24.8. The smallest absolute Gasteiger partial charge is 0.410 e. The molecule has 0 fully saturated rings. The number of rotatable bonds is 7. The van der Waals surface area contributed by atoms with Gasteiger partial charge in [0.1, 0.15) is 17.8 Å². The summed E-state index contributed by atoms with van der Waals surface area (Å²) in [6, 6.07) is 19.3. The summed E-state index contributed by atoms with van der Waals surface area (Å²) < 4.78 is 47.4. The van der Waals surface area contributed by atoms with Crippen molar-refractivity contribution in [1.29, 1.82) is 0 Å². The molecule has 35 heavy (non-hydrogen) atoms. The number of hydrogen-bond donors (Lipinski definition) is 2. The average Bonchev–Trinajstić information content (AvgIpc) is 3.31. The van der Waals surface area contributed by atoms with E-state index < -0.39 is 12.5 Å². The van der Waals surface area contributed by atoms with Gasteiger partial charge in [0.05, 0.1) is 5.69 Å². The van der Waals surface area contributed by atoms with Crippen LogP contribution in [-0.2, 0) is 6.42 Å². The van der Waals surface area contributed by atoms with Crippen LogP contribution >= 0.6 is 0 Å². The molecule has 0 radical (unpaired) electrons. The lowest BCUT2D eigenvalue weighted by molar-refractivity contribution is -0.274. The van der Waals surface area contributed by atoms with Gasteiger partial charge in [0, 0.05) is 17.8 Å². The molecule has 1 amide bonds. The molecule has 0 saturated carbocycles. The van der Waals surface area contributed by atoms with Crippen LogP contribution in [0.3, 0.4) is 0 Å². The molecule has 180 valence electrons. The van der Waals surface area contributed by atoms with Crippen molar-refractivity contribution in [3.63, 3.8) is 0 Å². The fourth-order valence-corrected chi connectivity index (χ4v) is 3.13. The highest BCUT2D eigenvalue weighted by Gasteiger charge is 2.31. The molecule has 0 bridgehead atoms. The molecule has 1 aromatic heterocycles. The molecule has 0 unspecified atom stereocenters. The number of carbonyl (C=O) groups is 1. The van der Waals surface area contributed by atoms with Crippen LogP contribution in [0.25, 0.3) is 17.1 Å². The average molecular weight is 483 g/mol. The number of nitrogen functional groups attached to an aromatic ring is 1. The van der Waals surface area contributed by atoms with E-state index in [4.69, 9.17) is 10.5 Å². The summed E-state index contributed by atoms with van der Waals surface area (Å²) >= 11 is 0. The highest BCUT2D eigenvalue weighted by Crippen LogP contribution is 2.24. The molecule has 0 aliphatic rings. The van der Waals surface area contributed by atoms with Gasteiger partial charge in [0.2, 0.25) is 0 Å². The first kappa shape index (κ1) is 23.6. The number of halogens is 3.